The summed E-state index contributed by atoms with van der Waals surface area (Å²) in [6.45, 7) is 0.713. The summed E-state index contributed by atoms with van der Waals surface area (Å²) < 4.78 is 14.8. The van der Waals surface area contributed by atoms with Crippen molar-refractivity contribution >= 4 is 11.4 Å². The van der Waals surface area contributed by atoms with Crippen molar-refractivity contribution in [1.29, 1.82) is 0 Å². The lowest BCUT2D eigenvalue weighted by Gasteiger charge is -2.24. The first-order valence-electron chi connectivity index (χ1n) is 7.73. The molecule has 0 bridgehead atoms. The molecule has 0 aliphatic carbocycles. The number of fused-ring (bicyclic) bond motifs is 1. The van der Waals surface area contributed by atoms with Gasteiger partial charge >= 0.3 is 0 Å². The normalized spacial score (nSPS) is 17.8. The minimum absolute atomic E-state index is 0.00163. The molecule has 0 spiro atoms. The summed E-state index contributed by atoms with van der Waals surface area (Å²) in [6, 6.07) is 12.1. The van der Waals surface area contributed by atoms with Crippen LogP contribution in [-0.2, 0) is 0 Å². The maximum absolute atomic E-state index is 13.1. The number of carbonyl (C=O) groups is 1. The summed E-state index contributed by atoms with van der Waals surface area (Å²) in [5.41, 5.74) is 2.40. The van der Waals surface area contributed by atoms with Crippen LogP contribution in [0.1, 0.15) is 34.8 Å². The second-order valence-electron chi connectivity index (χ2n) is 5.80. The Morgan fingerprint density at radius 2 is 2.00 bits per heavy atom. The van der Waals surface area contributed by atoms with Crippen LogP contribution >= 0.6 is 0 Å². The molecule has 5 heteroatoms. The van der Waals surface area contributed by atoms with Gasteiger partial charge in [0.1, 0.15) is 5.82 Å². The van der Waals surface area contributed by atoms with Crippen molar-refractivity contribution in [3.8, 4) is 0 Å². The number of halogens is 1. The Morgan fingerprint density at radius 3 is 2.83 bits per heavy atom. The topological polar surface area (TPSA) is 37.6 Å². The van der Waals surface area contributed by atoms with Crippen molar-refractivity contribution in [3.05, 3.63) is 71.8 Å². The van der Waals surface area contributed by atoms with Gasteiger partial charge in [0.25, 0.3) is 5.91 Å². The van der Waals surface area contributed by atoms with Crippen LogP contribution in [0.15, 0.2) is 54.9 Å². The standard InChI is InChI=1S/C18H16FN3O/c19-14-8-6-13(7-9-14)16-5-3-10-21(16)18(23)15-12-20-22-11-2-1-4-17(15)22/h1-2,4,6-9,11-12,16H,3,5,10H2. The van der Waals surface area contributed by atoms with Crippen molar-refractivity contribution in [2.45, 2.75) is 18.9 Å². The van der Waals surface area contributed by atoms with Gasteiger partial charge in [-0.15, -0.1) is 0 Å². The highest BCUT2D eigenvalue weighted by Crippen LogP contribution is 2.33. The van der Waals surface area contributed by atoms with E-state index in [1.807, 2.05) is 29.3 Å². The molecule has 1 aliphatic heterocycles. The number of likely N-dealkylation sites (tertiary alicyclic amines) is 1. The zero-order valence-corrected chi connectivity index (χ0v) is 12.5. The molecule has 2 aromatic heterocycles. The average Bonchev–Trinajstić information content (AvgIpc) is 3.22. The minimum atomic E-state index is -0.257. The number of amides is 1. The second-order valence-corrected chi connectivity index (χ2v) is 5.80. The number of nitrogens with zero attached hydrogens (tertiary/aromatic N) is 3. The van der Waals surface area contributed by atoms with E-state index in [2.05, 4.69) is 5.10 Å². The van der Waals surface area contributed by atoms with Gasteiger partial charge in [0, 0.05) is 12.7 Å². The highest BCUT2D eigenvalue weighted by molar-refractivity contribution is 6.00. The molecule has 1 aliphatic rings. The molecular weight excluding hydrogens is 293 g/mol. The van der Waals surface area contributed by atoms with Gasteiger partial charge in [-0.25, -0.2) is 8.91 Å². The number of aromatic nitrogens is 2. The average molecular weight is 309 g/mol. The number of benzene rings is 1. The van der Waals surface area contributed by atoms with Gasteiger partial charge < -0.3 is 4.90 Å². The van der Waals surface area contributed by atoms with Gasteiger partial charge in [0.2, 0.25) is 0 Å². The van der Waals surface area contributed by atoms with Gasteiger partial charge in [-0.2, -0.15) is 5.10 Å². The van der Waals surface area contributed by atoms with Gasteiger partial charge in [0.15, 0.2) is 0 Å². The predicted octanol–water partition coefficient (Wildman–Crippen LogP) is 3.45. The molecule has 0 N–H and O–H groups in total. The minimum Gasteiger partial charge on any atom is -0.331 e. The molecule has 0 radical (unpaired) electrons. The molecule has 0 saturated carbocycles. The van der Waals surface area contributed by atoms with Crippen LogP contribution < -0.4 is 0 Å². The summed E-state index contributed by atoms with van der Waals surface area (Å²) in [5.74, 6) is -0.273. The largest absolute Gasteiger partial charge is 0.331 e. The van der Waals surface area contributed by atoms with E-state index in [1.54, 1.807) is 22.8 Å². The lowest BCUT2D eigenvalue weighted by atomic mass is 10.0. The van der Waals surface area contributed by atoms with Crippen molar-refractivity contribution in [1.82, 2.24) is 14.5 Å². The molecule has 1 fully saturated rings. The summed E-state index contributed by atoms with van der Waals surface area (Å²) in [6.07, 6.45) is 5.30. The fourth-order valence-corrected chi connectivity index (χ4v) is 3.30. The number of pyridine rings is 1. The van der Waals surface area contributed by atoms with Gasteiger partial charge in [0.05, 0.1) is 23.3 Å². The Hall–Kier alpha value is -2.69. The van der Waals surface area contributed by atoms with Gasteiger partial charge in [-0.1, -0.05) is 18.2 Å². The summed E-state index contributed by atoms with van der Waals surface area (Å²) in [5, 5.41) is 4.24. The highest BCUT2D eigenvalue weighted by Gasteiger charge is 2.31. The van der Waals surface area contributed by atoms with Crippen molar-refractivity contribution < 1.29 is 9.18 Å². The first-order chi connectivity index (χ1) is 11.2. The van der Waals surface area contributed by atoms with Crippen LogP contribution in [-0.4, -0.2) is 27.0 Å². The van der Waals surface area contributed by atoms with E-state index >= 15 is 0 Å². The van der Waals surface area contributed by atoms with E-state index in [-0.39, 0.29) is 17.8 Å². The van der Waals surface area contributed by atoms with Crippen LogP contribution in [0.5, 0.6) is 0 Å². The molecular formula is C18H16FN3O. The zero-order chi connectivity index (χ0) is 15.8. The zero-order valence-electron chi connectivity index (χ0n) is 12.5. The van der Waals surface area contributed by atoms with E-state index in [9.17, 15) is 9.18 Å². The molecule has 1 saturated heterocycles. The van der Waals surface area contributed by atoms with Gasteiger partial charge in [-0.05, 0) is 42.7 Å². The Morgan fingerprint density at radius 1 is 1.17 bits per heavy atom. The summed E-state index contributed by atoms with van der Waals surface area (Å²) in [7, 11) is 0. The predicted molar refractivity (Wildman–Crippen MR) is 84.6 cm³/mol. The number of hydrogen-bond donors (Lipinski definition) is 0. The van der Waals surface area contributed by atoms with E-state index in [0.717, 1.165) is 23.9 Å². The van der Waals surface area contributed by atoms with E-state index in [4.69, 9.17) is 0 Å². The maximum Gasteiger partial charge on any atom is 0.258 e. The molecule has 1 aromatic carbocycles. The Bertz CT molecular complexity index is 856. The first-order valence-corrected chi connectivity index (χ1v) is 7.73. The second kappa shape index (κ2) is 5.50. The number of carbonyl (C=O) groups excluding carboxylic acids is 1. The molecule has 1 amide bonds. The van der Waals surface area contributed by atoms with E-state index in [1.165, 1.54) is 12.1 Å². The smallest absolute Gasteiger partial charge is 0.258 e. The fraction of sp³-hybridized carbons (Fsp3) is 0.222. The fourth-order valence-electron chi connectivity index (χ4n) is 3.30. The lowest BCUT2D eigenvalue weighted by Crippen LogP contribution is -2.30. The third kappa shape index (κ3) is 2.38. The molecule has 4 rings (SSSR count). The maximum atomic E-state index is 13.1. The van der Waals surface area contributed by atoms with Crippen LogP contribution in [0.3, 0.4) is 0 Å². The molecule has 23 heavy (non-hydrogen) atoms. The van der Waals surface area contributed by atoms with Crippen LogP contribution in [0.2, 0.25) is 0 Å². The Labute approximate surface area is 133 Å². The quantitative estimate of drug-likeness (QED) is 0.727. The molecule has 116 valence electrons. The monoisotopic (exact) mass is 309 g/mol. The molecule has 1 atom stereocenters. The molecule has 3 heterocycles. The number of rotatable bonds is 2. The Kier molecular flexibility index (Phi) is 3.33. The van der Waals surface area contributed by atoms with E-state index < -0.39 is 0 Å². The molecule has 4 nitrogen and oxygen atoms in total. The third-order valence-corrected chi connectivity index (χ3v) is 4.43. The first kappa shape index (κ1) is 13.9. The van der Waals surface area contributed by atoms with Crippen LogP contribution in [0, 0.1) is 5.82 Å². The summed E-state index contributed by atoms with van der Waals surface area (Å²) >= 11 is 0. The highest BCUT2D eigenvalue weighted by atomic mass is 19.1. The van der Waals surface area contributed by atoms with Crippen molar-refractivity contribution in [3.63, 3.8) is 0 Å². The number of hydrogen-bond acceptors (Lipinski definition) is 2. The van der Waals surface area contributed by atoms with Crippen LogP contribution in [0.4, 0.5) is 4.39 Å². The van der Waals surface area contributed by atoms with E-state index in [0.29, 0.717) is 12.1 Å². The van der Waals surface area contributed by atoms with Crippen molar-refractivity contribution in [2.75, 3.05) is 6.54 Å². The molecule has 1 unspecified atom stereocenters. The van der Waals surface area contributed by atoms with Gasteiger partial charge in [-0.3, -0.25) is 4.79 Å². The van der Waals surface area contributed by atoms with Crippen molar-refractivity contribution in [2.24, 2.45) is 0 Å². The van der Waals surface area contributed by atoms with Crippen LogP contribution in [0.25, 0.3) is 5.52 Å². The lowest BCUT2D eigenvalue weighted by molar-refractivity contribution is 0.0737. The third-order valence-electron chi connectivity index (χ3n) is 4.43. The molecule has 3 aromatic rings. The summed E-state index contributed by atoms with van der Waals surface area (Å²) in [4.78, 5) is 14.8. The SMILES string of the molecule is O=C(c1cnn2ccccc12)N1CCCC1c1ccc(F)cc1. The Balaban J connectivity index is 1.68.